The molecule has 1 atom stereocenters. The van der Waals surface area contributed by atoms with E-state index in [0.717, 1.165) is 0 Å². The molecule has 0 heterocycles. The van der Waals surface area contributed by atoms with Gasteiger partial charge in [0.25, 0.3) is 0 Å². The smallest absolute Gasteiger partial charge is 0.748 e. The Bertz CT molecular complexity index is 559. The third kappa shape index (κ3) is 10.2. The first-order chi connectivity index (χ1) is 9.53. The first-order valence-corrected chi connectivity index (χ1v) is 8.26. The Kier molecular flexibility index (Phi) is 11.8. The Morgan fingerprint density at radius 2 is 1.78 bits per heavy atom. The summed E-state index contributed by atoms with van der Waals surface area (Å²) in [5.74, 6) is -2.52. The SMILES string of the molecule is CC1(C)CC1C(=O)N/C(=C\CCCCS(=O)(=O)[O-])C(=O)[O-].[Na+].[Na+]. The van der Waals surface area contributed by atoms with E-state index in [1.165, 1.54) is 6.08 Å². The Labute approximate surface area is 181 Å². The number of hydrogen-bond acceptors (Lipinski definition) is 6. The van der Waals surface area contributed by atoms with Crippen molar-refractivity contribution in [1.29, 1.82) is 0 Å². The molecule has 0 aromatic heterocycles. The topological polar surface area (TPSA) is 126 Å². The average Bonchev–Trinajstić information content (AvgIpc) is 2.94. The molecule has 120 valence electrons. The molecule has 23 heavy (non-hydrogen) atoms. The number of nitrogens with one attached hydrogen (secondary N) is 1. The zero-order valence-corrected chi connectivity index (χ0v) is 18.9. The number of carbonyl (C=O) groups is 2. The number of carboxylic acids is 1. The second-order valence-electron chi connectivity index (χ2n) is 5.90. The first kappa shape index (κ1) is 25.8. The molecule has 1 unspecified atom stereocenters. The van der Waals surface area contributed by atoms with Gasteiger partial charge in [-0.15, -0.1) is 0 Å². The van der Waals surface area contributed by atoms with E-state index in [1.54, 1.807) is 0 Å². The fraction of sp³-hybridized carbons (Fsp3) is 0.692. The predicted molar refractivity (Wildman–Crippen MR) is 71.5 cm³/mol. The van der Waals surface area contributed by atoms with Crippen LogP contribution in [0, 0.1) is 11.3 Å². The van der Waals surface area contributed by atoms with Gasteiger partial charge in [0.15, 0.2) is 0 Å². The fourth-order valence-electron chi connectivity index (χ4n) is 1.99. The van der Waals surface area contributed by atoms with Crippen molar-refractivity contribution >= 4 is 22.0 Å². The summed E-state index contributed by atoms with van der Waals surface area (Å²) in [4.78, 5) is 22.7. The molecule has 0 aromatic rings. The molecule has 0 bridgehead atoms. The minimum absolute atomic E-state index is 0. The molecule has 1 saturated carbocycles. The molecular formula is C13H19NNa2O6S. The Hall–Kier alpha value is 0.590. The molecule has 0 radical (unpaired) electrons. The summed E-state index contributed by atoms with van der Waals surface area (Å²) in [7, 11) is -4.25. The van der Waals surface area contributed by atoms with Crippen LogP contribution in [0.3, 0.4) is 0 Å². The van der Waals surface area contributed by atoms with Gasteiger partial charge in [0.2, 0.25) is 5.91 Å². The van der Waals surface area contributed by atoms with Crippen LogP contribution in [0.25, 0.3) is 0 Å². The molecule has 0 saturated heterocycles. The van der Waals surface area contributed by atoms with Crippen LogP contribution in [-0.4, -0.2) is 30.6 Å². The standard InChI is InChI=1S/C13H21NO6S.2Na/c1-13(2)8-9(13)11(15)14-10(12(16)17)6-4-3-5-7-21(18,19)20;;/h6,9H,3-5,7-8H2,1-2H3,(H,14,15)(H,16,17)(H,18,19,20);;/q;2*+1/p-2/b10-6-;;. The summed E-state index contributed by atoms with van der Waals surface area (Å²) in [6.45, 7) is 3.84. The maximum Gasteiger partial charge on any atom is 1.00 e. The monoisotopic (exact) mass is 363 g/mol. The van der Waals surface area contributed by atoms with Crippen LogP contribution in [0.2, 0.25) is 0 Å². The van der Waals surface area contributed by atoms with Gasteiger partial charge in [-0.3, -0.25) is 4.79 Å². The molecular weight excluding hydrogens is 344 g/mol. The quantitative estimate of drug-likeness (QED) is 0.198. The third-order valence-corrected chi connectivity index (χ3v) is 4.29. The second-order valence-corrected chi connectivity index (χ2v) is 7.42. The van der Waals surface area contributed by atoms with Gasteiger partial charge < -0.3 is 19.8 Å². The molecule has 1 rings (SSSR count). The van der Waals surface area contributed by atoms with E-state index in [9.17, 15) is 27.7 Å². The number of amides is 1. The molecule has 1 fully saturated rings. The molecule has 0 spiro atoms. The van der Waals surface area contributed by atoms with Crippen molar-refractivity contribution < 1.29 is 86.8 Å². The van der Waals surface area contributed by atoms with Gasteiger partial charge in [0.1, 0.15) is 0 Å². The van der Waals surface area contributed by atoms with Crippen molar-refractivity contribution in [2.45, 2.75) is 39.5 Å². The molecule has 1 amide bonds. The Morgan fingerprint density at radius 3 is 2.17 bits per heavy atom. The minimum atomic E-state index is -4.25. The third-order valence-electron chi connectivity index (χ3n) is 3.50. The molecule has 0 aliphatic heterocycles. The molecule has 1 N–H and O–H groups in total. The van der Waals surface area contributed by atoms with Gasteiger partial charge in [0.05, 0.1) is 21.8 Å². The van der Waals surface area contributed by atoms with Gasteiger partial charge in [-0.1, -0.05) is 19.9 Å². The van der Waals surface area contributed by atoms with Crippen molar-refractivity contribution in [3.05, 3.63) is 11.8 Å². The molecule has 1 aliphatic rings. The largest absolute Gasteiger partial charge is 1.00 e. The number of allylic oxidation sites excluding steroid dienone is 1. The van der Waals surface area contributed by atoms with Crippen molar-refractivity contribution in [3.63, 3.8) is 0 Å². The van der Waals surface area contributed by atoms with Gasteiger partial charge in [-0.25, -0.2) is 8.42 Å². The van der Waals surface area contributed by atoms with Crippen LogP contribution in [0.4, 0.5) is 0 Å². The number of hydrogen-bond donors (Lipinski definition) is 1. The molecule has 7 nitrogen and oxygen atoms in total. The number of aliphatic carboxylic acids is 1. The number of rotatable bonds is 8. The Morgan fingerprint density at radius 1 is 1.26 bits per heavy atom. The van der Waals surface area contributed by atoms with Crippen LogP contribution < -0.4 is 69.5 Å². The van der Waals surface area contributed by atoms with E-state index >= 15 is 0 Å². The van der Waals surface area contributed by atoms with Gasteiger partial charge in [0, 0.05) is 11.7 Å². The number of unbranched alkanes of at least 4 members (excludes halogenated alkanes) is 2. The summed E-state index contributed by atoms with van der Waals surface area (Å²) >= 11 is 0. The second kappa shape index (κ2) is 10.6. The van der Waals surface area contributed by atoms with Gasteiger partial charge in [-0.05, 0) is 31.1 Å². The minimum Gasteiger partial charge on any atom is -0.748 e. The molecule has 10 heteroatoms. The average molecular weight is 363 g/mol. The summed E-state index contributed by atoms with van der Waals surface area (Å²) in [6, 6.07) is 0. The van der Waals surface area contributed by atoms with E-state index in [2.05, 4.69) is 5.32 Å². The van der Waals surface area contributed by atoms with E-state index in [1.807, 2.05) is 13.8 Å². The number of carbonyl (C=O) groups excluding carboxylic acids is 2. The first-order valence-electron chi connectivity index (χ1n) is 6.69. The van der Waals surface area contributed by atoms with Crippen molar-refractivity contribution in [2.24, 2.45) is 11.3 Å². The fourth-order valence-corrected chi connectivity index (χ4v) is 2.55. The maximum absolute atomic E-state index is 11.8. The van der Waals surface area contributed by atoms with Crippen molar-refractivity contribution in [3.8, 4) is 0 Å². The van der Waals surface area contributed by atoms with Crippen molar-refractivity contribution in [1.82, 2.24) is 5.32 Å². The van der Waals surface area contributed by atoms with Crippen LogP contribution in [-0.2, 0) is 19.7 Å². The normalized spacial score (nSPS) is 19.1. The summed E-state index contributed by atoms with van der Waals surface area (Å²) in [6.07, 6.45) is 2.71. The zero-order chi connectivity index (χ0) is 16.3. The van der Waals surface area contributed by atoms with E-state index in [0.29, 0.717) is 12.8 Å². The maximum atomic E-state index is 11.8. The van der Waals surface area contributed by atoms with Crippen LogP contribution >= 0.6 is 0 Å². The summed E-state index contributed by atoms with van der Waals surface area (Å²) in [5, 5.41) is 13.2. The molecule has 1 aliphatic carbocycles. The van der Waals surface area contributed by atoms with E-state index in [-0.39, 0.29) is 94.9 Å². The zero-order valence-electron chi connectivity index (χ0n) is 14.0. The van der Waals surface area contributed by atoms with Crippen molar-refractivity contribution in [2.75, 3.05) is 5.75 Å². The van der Waals surface area contributed by atoms with Crippen LogP contribution in [0.1, 0.15) is 39.5 Å². The predicted octanol–water partition coefficient (Wildman–Crippen LogP) is -6.49. The van der Waals surface area contributed by atoms with Crippen LogP contribution in [0.15, 0.2) is 11.8 Å². The van der Waals surface area contributed by atoms with Crippen LogP contribution in [0.5, 0.6) is 0 Å². The van der Waals surface area contributed by atoms with Gasteiger partial charge >= 0.3 is 59.1 Å². The molecule has 0 aromatic carbocycles. The van der Waals surface area contributed by atoms with E-state index < -0.39 is 21.8 Å². The summed E-state index contributed by atoms with van der Waals surface area (Å²) < 4.78 is 31.2. The Balaban J connectivity index is 0. The summed E-state index contributed by atoms with van der Waals surface area (Å²) in [5.41, 5.74) is -0.420. The number of carboxylic acid groups (broad SMARTS) is 1. The van der Waals surface area contributed by atoms with Gasteiger partial charge in [-0.2, -0.15) is 0 Å². The van der Waals surface area contributed by atoms with E-state index in [4.69, 9.17) is 0 Å².